The van der Waals surface area contributed by atoms with Gasteiger partial charge in [0.15, 0.2) is 6.10 Å². The number of epoxide rings is 1. The number of carbonyl (C=O) groups excluding carboxylic acids is 3. The van der Waals surface area contributed by atoms with Crippen molar-refractivity contribution in [2.75, 3.05) is 0 Å². The van der Waals surface area contributed by atoms with Crippen LogP contribution in [0.5, 0.6) is 0 Å². The molecule has 2 aliphatic heterocycles. The van der Waals surface area contributed by atoms with Crippen molar-refractivity contribution >= 4 is 17.5 Å². The van der Waals surface area contributed by atoms with Gasteiger partial charge in [-0.15, -0.1) is 0 Å². The van der Waals surface area contributed by atoms with E-state index in [1.807, 2.05) is 27.7 Å². The molecule has 0 amide bonds. The van der Waals surface area contributed by atoms with E-state index in [-0.39, 0.29) is 36.2 Å². The normalized spacial score (nSPS) is 52.2. The molecule has 1 spiro atoms. The minimum absolute atomic E-state index is 0.0185. The fourth-order valence-corrected chi connectivity index (χ4v) is 8.93. The van der Waals surface area contributed by atoms with E-state index in [1.165, 1.54) is 0 Å². The summed E-state index contributed by atoms with van der Waals surface area (Å²) in [6.45, 7) is 9.91. The van der Waals surface area contributed by atoms with Crippen LogP contribution in [0.3, 0.4) is 0 Å². The molecule has 0 unspecified atom stereocenters. The lowest BCUT2D eigenvalue weighted by Crippen LogP contribution is -2.73. The number of esters is 1. The van der Waals surface area contributed by atoms with E-state index in [9.17, 15) is 19.5 Å². The topological polar surface area (TPSA) is 106 Å². The van der Waals surface area contributed by atoms with Crippen molar-refractivity contribution in [1.29, 1.82) is 0 Å². The van der Waals surface area contributed by atoms with E-state index < -0.39 is 51.5 Å². The third-order valence-corrected chi connectivity index (χ3v) is 10.9. The molecule has 1 aromatic rings. The van der Waals surface area contributed by atoms with Gasteiger partial charge in [0.05, 0.1) is 24.0 Å². The number of hydrogen-bond donors (Lipinski definition) is 1. The first-order chi connectivity index (χ1) is 15.4. The summed E-state index contributed by atoms with van der Waals surface area (Å²) in [6, 6.07) is 1.79. The third-order valence-electron chi connectivity index (χ3n) is 10.9. The Labute approximate surface area is 193 Å². The zero-order valence-electron chi connectivity index (χ0n) is 19.8. The van der Waals surface area contributed by atoms with E-state index in [4.69, 9.17) is 13.9 Å². The molecule has 178 valence electrons. The number of carbonyl (C=O) groups is 3. The lowest BCUT2D eigenvalue weighted by molar-refractivity contribution is -0.225. The summed E-state index contributed by atoms with van der Waals surface area (Å²) >= 11 is 0. The number of ketones is 2. The Hall–Kier alpha value is -1.99. The van der Waals surface area contributed by atoms with E-state index in [1.54, 1.807) is 18.6 Å². The van der Waals surface area contributed by atoms with Gasteiger partial charge in [0.25, 0.3) is 0 Å². The Morgan fingerprint density at radius 3 is 2.36 bits per heavy atom. The molecule has 3 aliphatic carbocycles. The Kier molecular flexibility index (Phi) is 3.90. The van der Waals surface area contributed by atoms with Crippen LogP contribution in [0.25, 0.3) is 0 Å². The minimum Gasteiger partial charge on any atom is -0.472 e. The second-order valence-electron chi connectivity index (χ2n) is 12.2. The van der Waals surface area contributed by atoms with E-state index in [0.717, 1.165) is 5.56 Å². The number of Topliss-reactive ketones (excluding diaryl/α,β-unsaturated/α-hetero) is 2. The van der Waals surface area contributed by atoms with Gasteiger partial charge in [0.1, 0.15) is 23.3 Å². The molecule has 1 aromatic heterocycles. The second-order valence-corrected chi connectivity index (χ2v) is 12.2. The summed E-state index contributed by atoms with van der Waals surface area (Å²) in [7, 11) is 0. The third kappa shape index (κ3) is 2.10. The summed E-state index contributed by atoms with van der Waals surface area (Å²) in [4.78, 5) is 40.8. The van der Waals surface area contributed by atoms with Gasteiger partial charge in [-0.05, 0) is 43.1 Å². The smallest absolute Gasteiger partial charge is 0.339 e. The number of hydrogen-bond acceptors (Lipinski definition) is 7. The average Bonchev–Trinajstić information content (AvgIpc) is 3.32. The summed E-state index contributed by atoms with van der Waals surface area (Å²) in [6.07, 6.45) is 2.56. The van der Waals surface area contributed by atoms with E-state index in [2.05, 4.69) is 6.92 Å². The largest absolute Gasteiger partial charge is 0.472 e. The van der Waals surface area contributed by atoms with E-state index in [0.29, 0.717) is 12.8 Å². The maximum Gasteiger partial charge on any atom is 0.339 e. The molecular weight excluding hydrogens is 424 g/mol. The molecule has 33 heavy (non-hydrogen) atoms. The zero-order valence-corrected chi connectivity index (χ0v) is 19.8. The number of ether oxygens (including phenoxy) is 2. The van der Waals surface area contributed by atoms with Crippen LogP contribution >= 0.6 is 0 Å². The first-order valence-electron chi connectivity index (χ1n) is 12.0. The summed E-state index contributed by atoms with van der Waals surface area (Å²) in [5.74, 6) is -0.940. The lowest BCUT2D eigenvalue weighted by Gasteiger charge is -2.67. The van der Waals surface area contributed by atoms with Gasteiger partial charge in [-0.3, -0.25) is 9.59 Å². The maximum absolute atomic E-state index is 14.1. The lowest BCUT2D eigenvalue weighted by atomic mass is 9.35. The Bertz CT molecular complexity index is 1070. The molecule has 0 bridgehead atoms. The maximum atomic E-state index is 14.1. The van der Waals surface area contributed by atoms with Crippen LogP contribution in [0.4, 0.5) is 0 Å². The van der Waals surface area contributed by atoms with Gasteiger partial charge < -0.3 is 19.0 Å². The molecule has 9 atom stereocenters. The van der Waals surface area contributed by atoms with Crippen molar-refractivity contribution in [3.05, 3.63) is 24.2 Å². The molecule has 5 fully saturated rings. The molecule has 0 radical (unpaired) electrons. The number of rotatable bonds is 1. The Morgan fingerprint density at radius 2 is 1.70 bits per heavy atom. The van der Waals surface area contributed by atoms with Gasteiger partial charge in [-0.2, -0.15) is 0 Å². The monoisotopic (exact) mass is 456 g/mol. The number of aliphatic hydroxyl groups is 1. The highest BCUT2D eigenvalue weighted by atomic mass is 16.7. The number of aliphatic hydroxyl groups excluding tert-OH is 1. The van der Waals surface area contributed by atoms with Crippen LogP contribution in [0.15, 0.2) is 23.0 Å². The Balaban J connectivity index is 1.53. The van der Waals surface area contributed by atoms with Gasteiger partial charge >= 0.3 is 5.97 Å². The standard InChI is InChI=1S/C26H32O7/c1-22(2)15-10-18(29)25(5)14(24(15,4)17(28)11-16(22)27)6-8-23(3)19(13-7-9-31-12-13)32-21(30)20-26(23,25)33-20/h7,9,12,14-16,19-20,27H,6,8,10-11H2,1-5H3/t14-,15-,16+,19-,20+,23-,24-,25-,26-/m0/s1. The van der Waals surface area contributed by atoms with Gasteiger partial charge in [0.2, 0.25) is 0 Å². The molecule has 1 N–H and O–H groups in total. The van der Waals surface area contributed by atoms with E-state index >= 15 is 0 Å². The number of furan rings is 1. The van der Waals surface area contributed by atoms with Crippen molar-refractivity contribution < 1.29 is 33.4 Å². The van der Waals surface area contributed by atoms with Crippen molar-refractivity contribution in [2.45, 2.75) is 84.2 Å². The Morgan fingerprint density at radius 1 is 0.970 bits per heavy atom. The molecular formula is C26H32O7. The van der Waals surface area contributed by atoms with Crippen LogP contribution in [0.2, 0.25) is 0 Å². The molecule has 5 aliphatic rings. The van der Waals surface area contributed by atoms with Gasteiger partial charge in [0, 0.05) is 29.2 Å². The minimum atomic E-state index is -1.02. The molecule has 0 aromatic carbocycles. The molecule has 3 heterocycles. The van der Waals surface area contributed by atoms with Crippen LogP contribution in [-0.2, 0) is 23.9 Å². The molecule has 6 rings (SSSR count). The van der Waals surface area contributed by atoms with Crippen molar-refractivity contribution in [1.82, 2.24) is 0 Å². The van der Waals surface area contributed by atoms with Gasteiger partial charge in [-0.1, -0.05) is 27.7 Å². The highest BCUT2D eigenvalue weighted by molar-refractivity contribution is 5.97. The summed E-state index contributed by atoms with van der Waals surface area (Å²) < 4.78 is 17.5. The fraction of sp³-hybridized carbons (Fsp3) is 0.731. The quantitative estimate of drug-likeness (QED) is 0.510. The van der Waals surface area contributed by atoms with Gasteiger partial charge in [-0.25, -0.2) is 4.79 Å². The predicted molar refractivity (Wildman–Crippen MR) is 115 cm³/mol. The highest BCUT2D eigenvalue weighted by Gasteiger charge is 2.88. The van der Waals surface area contributed by atoms with Crippen LogP contribution < -0.4 is 0 Å². The predicted octanol–water partition coefficient (Wildman–Crippen LogP) is 3.39. The number of cyclic esters (lactones) is 1. The summed E-state index contributed by atoms with van der Waals surface area (Å²) in [5, 5.41) is 10.7. The first-order valence-corrected chi connectivity index (χ1v) is 12.0. The van der Waals surface area contributed by atoms with Crippen LogP contribution in [0.1, 0.15) is 72.0 Å². The molecule has 7 nitrogen and oxygen atoms in total. The average molecular weight is 457 g/mol. The fourth-order valence-electron chi connectivity index (χ4n) is 8.93. The molecule has 2 saturated heterocycles. The number of fused-ring (bicyclic) bond motifs is 3. The van der Waals surface area contributed by atoms with Crippen molar-refractivity contribution in [2.24, 2.45) is 33.5 Å². The SMILES string of the molecule is CC1(C)[C@H](O)CC(=O)[C@]2(C)[C@H]1CC(=O)[C@]1(C)[C@H]2CC[C@@]2(C)[C@H](c3ccoc3)OC(=O)[C@H]3O[C@@]321. The summed E-state index contributed by atoms with van der Waals surface area (Å²) in [5.41, 5.74) is -3.24. The highest BCUT2D eigenvalue weighted by Crippen LogP contribution is 2.78. The second kappa shape index (κ2) is 5.98. The van der Waals surface area contributed by atoms with Crippen LogP contribution in [0, 0.1) is 33.5 Å². The van der Waals surface area contributed by atoms with Crippen LogP contribution in [-0.4, -0.2) is 40.5 Å². The first kappa shape index (κ1) is 21.5. The molecule has 7 heteroatoms. The molecule has 3 saturated carbocycles. The van der Waals surface area contributed by atoms with Crippen molar-refractivity contribution in [3.63, 3.8) is 0 Å². The zero-order chi connectivity index (χ0) is 23.8. The van der Waals surface area contributed by atoms with Crippen molar-refractivity contribution in [3.8, 4) is 0 Å².